The van der Waals surface area contributed by atoms with Crippen LogP contribution < -0.4 is 0 Å². The van der Waals surface area contributed by atoms with Crippen LogP contribution in [-0.4, -0.2) is 14.8 Å². The quantitative estimate of drug-likeness (QED) is 0.357. The van der Waals surface area contributed by atoms with Gasteiger partial charge in [0.15, 0.2) is 10.9 Å². The number of halogens is 3. The molecule has 0 aliphatic rings. The molecule has 2 aromatic carbocycles. The molecule has 4 rings (SSSR count). The first-order chi connectivity index (χ1) is 13.1. The predicted octanol–water partition coefficient (Wildman–Crippen LogP) is 6.27. The van der Waals surface area contributed by atoms with Crippen LogP contribution in [0.5, 0.6) is 0 Å². The maximum atomic E-state index is 13.1. The molecule has 0 saturated carbocycles. The second-order valence-corrected chi connectivity index (χ2v) is 7.39. The van der Waals surface area contributed by atoms with Crippen molar-refractivity contribution in [3.63, 3.8) is 0 Å². The molecule has 2 heterocycles. The summed E-state index contributed by atoms with van der Waals surface area (Å²) in [4.78, 5) is 0. The smallest absolute Gasteiger partial charge is 0.205 e. The highest BCUT2D eigenvalue weighted by molar-refractivity contribution is 7.98. The van der Waals surface area contributed by atoms with Gasteiger partial charge in [-0.15, -0.1) is 10.2 Å². The number of hydrogen-bond acceptors (Lipinski definition) is 4. The Labute approximate surface area is 168 Å². The van der Waals surface area contributed by atoms with Crippen molar-refractivity contribution in [3.8, 4) is 17.3 Å². The van der Waals surface area contributed by atoms with Gasteiger partial charge in [0.1, 0.15) is 5.82 Å². The Balaban J connectivity index is 1.72. The molecule has 2 aromatic heterocycles. The zero-order valence-corrected chi connectivity index (χ0v) is 16.1. The van der Waals surface area contributed by atoms with E-state index in [1.165, 1.54) is 23.9 Å². The summed E-state index contributed by atoms with van der Waals surface area (Å²) in [6, 6.07) is 15.3. The van der Waals surface area contributed by atoms with Crippen LogP contribution >= 0.6 is 35.0 Å². The fourth-order valence-corrected chi connectivity index (χ4v) is 3.71. The Kier molecular flexibility index (Phi) is 5.20. The van der Waals surface area contributed by atoms with E-state index in [9.17, 15) is 4.39 Å². The molecule has 0 bridgehead atoms. The summed E-state index contributed by atoms with van der Waals surface area (Å²) in [7, 11) is 0. The fraction of sp³-hybridized carbons (Fsp3) is 0.0526. The van der Waals surface area contributed by atoms with E-state index in [2.05, 4.69) is 10.2 Å². The van der Waals surface area contributed by atoms with Gasteiger partial charge in [-0.05, 0) is 48.0 Å². The van der Waals surface area contributed by atoms with Crippen LogP contribution in [0.15, 0.2) is 70.4 Å². The van der Waals surface area contributed by atoms with Gasteiger partial charge in [0.25, 0.3) is 0 Å². The van der Waals surface area contributed by atoms with E-state index in [1.54, 1.807) is 36.6 Å². The lowest BCUT2D eigenvalue weighted by Crippen LogP contribution is -1.99. The number of benzene rings is 2. The van der Waals surface area contributed by atoms with Crippen LogP contribution in [0.3, 0.4) is 0 Å². The predicted molar refractivity (Wildman–Crippen MR) is 105 cm³/mol. The summed E-state index contributed by atoms with van der Waals surface area (Å²) in [6.45, 7) is 0. The van der Waals surface area contributed by atoms with Gasteiger partial charge in [-0.1, -0.05) is 47.1 Å². The molecule has 0 N–H and O–H groups in total. The summed E-state index contributed by atoms with van der Waals surface area (Å²) < 4.78 is 20.4. The van der Waals surface area contributed by atoms with Gasteiger partial charge in [-0.25, -0.2) is 4.39 Å². The minimum atomic E-state index is -0.261. The molecule has 0 spiro atoms. The second kappa shape index (κ2) is 7.76. The van der Waals surface area contributed by atoms with E-state index in [0.717, 1.165) is 11.3 Å². The van der Waals surface area contributed by atoms with Crippen LogP contribution in [0.4, 0.5) is 4.39 Å². The monoisotopic (exact) mass is 419 g/mol. The minimum absolute atomic E-state index is 0.261. The van der Waals surface area contributed by atoms with Gasteiger partial charge in [0.05, 0.1) is 22.0 Å². The van der Waals surface area contributed by atoms with Crippen LogP contribution in [0, 0.1) is 5.82 Å². The number of thioether (sulfide) groups is 1. The Bertz CT molecular complexity index is 1070. The summed E-state index contributed by atoms with van der Waals surface area (Å²) in [6.07, 6.45) is 1.58. The molecule has 0 aliphatic carbocycles. The molecule has 4 aromatic rings. The fourth-order valence-electron chi connectivity index (χ4n) is 2.51. The van der Waals surface area contributed by atoms with Crippen LogP contribution in [0.25, 0.3) is 17.3 Å². The first kappa shape index (κ1) is 18.1. The molecule has 0 saturated heterocycles. The molecular weight excluding hydrogens is 408 g/mol. The summed E-state index contributed by atoms with van der Waals surface area (Å²) >= 11 is 13.7. The minimum Gasteiger partial charge on any atom is -0.461 e. The highest BCUT2D eigenvalue weighted by Crippen LogP contribution is 2.32. The van der Waals surface area contributed by atoms with E-state index in [4.69, 9.17) is 27.6 Å². The summed E-state index contributed by atoms with van der Waals surface area (Å²) in [5.41, 5.74) is 1.74. The van der Waals surface area contributed by atoms with Gasteiger partial charge in [-0.3, -0.25) is 4.57 Å². The third-order valence-corrected chi connectivity index (χ3v) is 5.56. The van der Waals surface area contributed by atoms with Crippen molar-refractivity contribution >= 4 is 35.0 Å². The van der Waals surface area contributed by atoms with E-state index >= 15 is 0 Å². The van der Waals surface area contributed by atoms with Gasteiger partial charge in [0.2, 0.25) is 5.82 Å². The van der Waals surface area contributed by atoms with Crippen LogP contribution in [-0.2, 0) is 5.75 Å². The van der Waals surface area contributed by atoms with Crippen molar-refractivity contribution in [2.75, 3.05) is 0 Å². The standard InChI is InChI=1S/C19H12Cl2FN3OS/c20-15-8-7-14(10-16(15)21)25-18(17-2-1-9-26-17)23-24-19(25)27-11-12-3-5-13(22)6-4-12/h1-10H,11H2. The molecule has 4 nitrogen and oxygen atoms in total. The van der Waals surface area contributed by atoms with Crippen LogP contribution in [0.1, 0.15) is 5.56 Å². The van der Waals surface area contributed by atoms with Crippen LogP contribution in [0.2, 0.25) is 10.0 Å². The molecule has 0 unspecified atom stereocenters. The maximum absolute atomic E-state index is 13.1. The molecule has 136 valence electrons. The third-order valence-electron chi connectivity index (χ3n) is 3.82. The Morgan fingerprint density at radius 1 is 1.00 bits per heavy atom. The molecule has 0 amide bonds. The highest BCUT2D eigenvalue weighted by Gasteiger charge is 2.18. The molecule has 27 heavy (non-hydrogen) atoms. The van der Waals surface area contributed by atoms with Crippen molar-refractivity contribution in [2.45, 2.75) is 10.9 Å². The third kappa shape index (κ3) is 3.88. The van der Waals surface area contributed by atoms with E-state index in [-0.39, 0.29) is 5.82 Å². The zero-order valence-electron chi connectivity index (χ0n) is 13.8. The first-order valence-corrected chi connectivity index (χ1v) is 9.68. The van der Waals surface area contributed by atoms with Crippen molar-refractivity contribution < 1.29 is 8.81 Å². The lowest BCUT2D eigenvalue weighted by atomic mass is 10.2. The maximum Gasteiger partial charge on any atom is 0.205 e. The van der Waals surface area contributed by atoms with Crippen molar-refractivity contribution in [3.05, 3.63) is 82.3 Å². The van der Waals surface area contributed by atoms with E-state index in [1.807, 2.05) is 16.7 Å². The van der Waals surface area contributed by atoms with Gasteiger partial charge in [0, 0.05) is 5.75 Å². The van der Waals surface area contributed by atoms with Gasteiger partial charge >= 0.3 is 0 Å². The zero-order chi connectivity index (χ0) is 18.8. The average Bonchev–Trinajstić information content (AvgIpc) is 3.33. The average molecular weight is 420 g/mol. The summed E-state index contributed by atoms with van der Waals surface area (Å²) in [5, 5.41) is 10.1. The number of nitrogens with zero attached hydrogens (tertiary/aromatic N) is 3. The lowest BCUT2D eigenvalue weighted by Gasteiger charge is -2.10. The number of furan rings is 1. The molecular formula is C19H12Cl2FN3OS. The topological polar surface area (TPSA) is 43.9 Å². The van der Waals surface area contributed by atoms with E-state index < -0.39 is 0 Å². The lowest BCUT2D eigenvalue weighted by molar-refractivity contribution is 0.575. The highest BCUT2D eigenvalue weighted by atomic mass is 35.5. The number of aromatic nitrogens is 3. The molecule has 0 radical (unpaired) electrons. The number of hydrogen-bond donors (Lipinski definition) is 0. The normalized spacial score (nSPS) is 11.1. The Hall–Kier alpha value is -2.28. The van der Waals surface area contributed by atoms with Gasteiger partial charge in [-0.2, -0.15) is 0 Å². The molecule has 0 fully saturated rings. The van der Waals surface area contributed by atoms with Crippen molar-refractivity contribution in [1.29, 1.82) is 0 Å². The second-order valence-electron chi connectivity index (χ2n) is 5.63. The number of rotatable bonds is 5. The van der Waals surface area contributed by atoms with Crippen molar-refractivity contribution in [1.82, 2.24) is 14.8 Å². The Morgan fingerprint density at radius 3 is 2.52 bits per heavy atom. The molecule has 0 aliphatic heterocycles. The first-order valence-electron chi connectivity index (χ1n) is 7.94. The largest absolute Gasteiger partial charge is 0.461 e. The van der Waals surface area contributed by atoms with Crippen molar-refractivity contribution in [2.24, 2.45) is 0 Å². The molecule has 0 atom stereocenters. The van der Waals surface area contributed by atoms with E-state index in [0.29, 0.717) is 32.5 Å². The van der Waals surface area contributed by atoms with Gasteiger partial charge < -0.3 is 4.42 Å². The Morgan fingerprint density at radius 2 is 1.81 bits per heavy atom. The molecule has 8 heteroatoms. The summed E-state index contributed by atoms with van der Waals surface area (Å²) in [5.74, 6) is 1.49. The SMILES string of the molecule is Fc1ccc(CSc2nnc(-c3ccco3)n2-c2ccc(Cl)c(Cl)c2)cc1.